The summed E-state index contributed by atoms with van der Waals surface area (Å²) in [7, 11) is 0. The minimum Gasteiger partial charge on any atom is -0.352 e. The summed E-state index contributed by atoms with van der Waals surface area (Å²) in [6, 6.07) is 0. The number of hydrogen-bond acceptors (Lipinski definition) is 1. The van der Waals surface area contributed by atoms with Crippen LogP contribution in [0.25, 0.3) is 0 Å². The molecule has 0 spiro atoms. The van der Waals surface area contributed by atoms with Gasteiger partial charge >= 0.3 is 0 Å². The summed E-state index contributed by atoms with van der Waals surface area (Å²) in [4.78, 5) is 10.5. The molecule has 1 aliphatic rings. The van der Waals surface area contributed by atoms with Crippen molar-refractivity contribution in [2.24, 2.45) is 5.92 Å². The Bertz CT molecular complexity index is 127. The smallest absolute Gasteiger partial charge is 0.243 e. The number of amides is 1. The lowest BCUT2D eigenvalue weighted by atomic mass is 10.4. The van der Waals surface area contributed by atoms with E-state index in [0.29, 0.717) is 0 Å². The van der Waals surface area contributed by atoms with Crippen LogP contribution in [0.2, 0.25) is 0 Å². The van der Waals surface area contributed by atoms with Crippen molar-refractivity contribution >= 4 is 5.91 Å². The average Bonchev–Trinajstić information content (AvgIpc) is 2.65. The fraction of sp³-hybridized carbons (Fsp3) is 0.571. The quantitative estimate of drug-likeness (QED) is 0.553. The zero-order valence-corrected chi connectivity index (χ0v) is 5.39. The Morgan fingerprint density at radius 2 is 2.44 bits per heavy atom. The van der Waals surface area contributed by atoms with Crippen LogP contribution in [0.3, 0.4) is 0 Å². The van der Waals surface area contributed by atoms with Crippen LogP contribution in [0.1, 0.15) is 12.8 Å². The van der Waals surface area contributed by atoms with Crippen molar-refractivity contribution in [1.29, 1.82) is 0 Å². The summed E-state index contributed by atoms with van der Waals surface area (Å²) in [6.45, 7) is 4.19. The van der Waals surface area contributed by atoms with Crippen LogP contribution in [0.5, 0.6) is 0 Å². The largest absolute Gasteiger partial charge is 0.352 e. The zero-order valence-electron chi connectivity index (χ0n) is 5.39. The molecule has 1 saturated carbocycles. The summed E-state index contributed by atoms with van der Waals surface area (Å²) in [5.41, 5.74) is 0. The Morgan fingerprint density at radius 3 is 2.89 bits per heavy atom. The fourth-order valence-electron chi connectivity index (χ4n) is 0.639. The molecule has 0 aliphatic heterocycles. The number of carbonyl (C=O) groups is 1. The molecule has 50 valence electrons. The molecule has 2 nitrogen and oxygen atoms in total. The molecular formula is C7H11NO. The molecule has 1 fully saturated rings. The van der Waals surface area contributed by atoms with Gasteiger partial charge in [0.05, 0.1) is 0 Å². The molecule has 0 heterocycles. The lowest BCUT2D eigenvalue weighted by molar-refractivity contribution is -0.116. The Hall–Kier alpha value is -0.790. The first-order valence-corrected chi connectivity index (χ1v) is 3.23. The predicted octanol–water partition coefficient (Wildman–Crippen LogP) is 0.699. The summed E-state index contributed by atoms with van der Waals surface area (Å²) >= 11 is 0. The maximum absolute atomic E-state index is 10.5. The normalized spacial score (nSPS) is 16.9. The van der Waals surface area contributed by atoms with Crippen LogP contribution in [0.15, 0.2) is 12.7 Å². The van der Waals surface area contributed by atoms with Crippen molar-refractivity contribution in [3.8, 4) is 0 Å². The van der Waals surface area contributed by atoms with Crippen LogP contribution in [0.4, 0.5) is 0 Å². The zero-order chi connectivity index (χ0) is 6.69. The molecule has 1 rings (SSSR count). The van der Waals surface area contributed by atoms with Gasteiger partial charge in [-0.2, -0.15) is 0 Å². The summed E-state index contributed by atoms with van der Waals surface area (Å²) in [6.07, 6.45) is 3.86. The van der Waals surface area contributed by atoms with Gasteiger partial charge in [0.2, 0.25) is 5.91 Å². The van der Waals surface area contributed by atoms with Crippen molar-refractivity contribution in [2.45, 2.75) is 12.8 Å². The van der Waals surface area contributed by atoms with Crippen molar-refractivity contribution in [2.75, 3.05) is 6.54 Å². The van der Waals surface area contributed by atoms with Crippen LogP contribution in [0, 0.1) is 5.92 Å². The van der Waals surface area contributed by atoms with E-state index in [9.17, 15) is 4.79 Å². The molecule has 0 radical (unpaired) electrons. The van der Waals surface area contributed by atoms with E-state index in [-0.39, 0.29) is 5.91 Å². The van der Waals surface area contributed by atoms with E-state index in [4.69, 9.17) is 0 Å². The van der Waals surface area contributed by atoms with Gasteiger partial charge in [-0.25, -0.2) is 0 Å². The standard InChI is InChI=1S/C7H11NO/c1-2-7(9)8-5-6-3-4-6/h2,6H,1,3-5H2,(H,8,9). The Kier molecular flexibility index (Phi) is 1.88. The molecule has 0 saturated heterocycles. The van der Waals surface area contributed by atoms with E-state index in [1.54, 1.807) is 0 Å². The first-order chi connectivity index (χ1) is 4.33. The van der Waals surface area contributed by atoms with Gasteiger partial charge in [-0.15, -0.1) is 0 Å². The minimum atomic E-state index is -0.0538. The Balaban J connectivity index is 2.02. The number of carbonyl (C=O) groups excluding carboxylic acids is 1. The third-order valence-corrected chi connectivity index (χ3v) is 1.45. The molecule has 0 unspecified atom stereocenters. The molecule has 0 aromatic carbocycles. The van der Waals surface area contributed by atoms with Crippen LogP contribution < -0.4 is 5.32 Å². The van der Waals surface area contributed by atoms with E-state index in [0.717, 1.165) is 12.5 Å². The van der Waals surface area contributed by atoms with E-state index < -0.39 is 0 Å². The van der Waals surface area contributed by atoms with E-state index in [1.807, 2.05) is 0 Å². The third kappa shape index (κ3) is 2.31. The SMILES string of the molecule is C=CC(=O)NCC1CC1. The van der Waals surface area contributed by atoms with E-state index >= 15 is 0 Å². The van der Waals surface area contributed by atoms with Gasteiger partial charge in [-0.05, 0) is 24.8 Å². The van der Waals surface area contributed by atoms with Crippen molar-refractivity contribution < 1.29 is 4.79 Å². The van der Waals surface area contributed by atoms with Gasteiger partial charge in [0.25, 0.3) is 0 Å². The number of nitrogens with one attached hydrogen (secondary N) is 1. The first-order valence-electron chi connectivity index (χ1n) is 3.23. The maximum atomic E-state index is 10.5. The van der Waals surface area contributed by atoms with Crippen molar-refractivity contribution in [3.63, 3.8) is 0 Å². The lowest BCUT2D eigenvalue weighted by Gasteiger charge is -1.96. The number of hydrogen-bond donors (Lipinski definition) is 1. The molecule has 0 aromatic rings. The van der Waals surface area contributed by atoms with Gasteiger partial charge in [-0.1, -0.05) is 6.58 Å². The van der Waals surface area contributed by atoms with Crippen molar-refractivity contribution in [3.05, 3.63) is 12.7 Å². The summed E-state index contributed by atoms with van der Waals surface area (Å²) in [5, 5.41) is 2.74. The van der Waals surface area contributed by atoms with E-state index in [1.165, 1.54) is 18.9 Å². The second kappa shape index (κ2) is 2.67. The molecule has 0 bridgehead atoms. The lowest BCUT2D eigenvalue weighted by Crippen LogP contribution is -2.22. The molecule has 1 amide bonds. The Labute approximate surface area is 54.9 Å². The summed E-state index contributed by atoms with van der Waals surface area (Å²) < 4.78 is 0. The maximum Gasteiger partial charge on any atom is 0.243 e. The van der Waals surface area contributed by atoms with Crippen LogP contribution >= 0.6 is 0 Å². The molecule has 1 aliphatic carbocycles. The topological polar surface area (TPSA) is 29.1 Å². The van der Waals surface area contributed by atoms with Crippen LogP contribution in [-0.4, -0.2) is 12.5 Å². The average molecular weight is 125 g/mol. The second-order valence-corrected chi connectivity index (χ2v) is 2.39. The Morgan fingerprint density at radius 1 is 1.78 bits per heavy atom. The highest BCUT2D eigenvalue weighted by Gasteiger charge is 2.20. The van der Waals surface area contributed by atoms with Crippen molar-refractivity contribution in [1.82, 2.24) is 5.32 Å². The molecule has 9 heavy (non-hydrogen) atoms. The molecule has 0 aromatic heterocycles. The van der Waals surface area contributed by atoms with Gasteiger partial charge in [0.1, 0.15) is 0 Å². The fourth-order valence-corrected chi connectivity index (χ4v) is 0.639. The third-order valence-electron chi connectivity index (χ3n) is 1.45. The monoisotopic (exact) mass is 125 g/mol. The number of rotatable bonds is 3. The highest BCUT2D eigenvalue weighted by atomic mass is 16.1. The summed E-state index contributed by atoms with van der Waals surface area (Å²) in [5.74, 6) is 0.704. The molecule has 2 heteroatoms. The highest BCUT2D eigenvalue weighted by molar-refractivity contribution is 5.86. The molecular weight excluding hydrogens is 114 g/mol. The van der Waals surface area contributed by atoms with Gasteiger partial charge in [0.15, 0.2) is 0 Å². The first kappa shape index (κ1) is 6.33. The molecule has 0 atom stereocenters. The van der Waals surface area contributed by atoms with Gasteiger partial charge in [-0.3, -0.25) is 4.79 Å². The highest BCUT2D eigenvalue weighted by Crippen LogP contribution is 2.27. The van der Waals surface area contributed by atoms with Gasteiger partial charge < -0.3 is 5.32 Å². The second-order valence-electron chi connectivity index (χ2n) is 2.39. The minimum absolute atomic E-state index is 0.0538. The predicted molar refractivity (Wildman–Crippen MR) is 35.9 cm³/mol. The van der Waals surface area contributed by atoms with E-state index in [2.05, 4.69) is 11.9 Å². The van der Waals surface area contributed by atoms with Crippen LogP contribution in [-0.2, 0) is 4.79 Å². The molecule has 1 N–H and O–H groups in total. The van der Waals surface area contributed by atoms with Gasteiger partial charge in [0, 0.05) is 6.54 Å².